The van der Waals surface area contributed by atoms with Gasteiger partial charge in [0.25, 0.3) is 0 Å². The second-order valence-corrected chi connectivity index (χ2v) is 9.83. The van der Waals surface area contributed by atoms with E-state index < -0.39 is 5.60 Å². The number of amides is 1. The molecule has 3 atom stereocenters. The lowest BCUT2D eigenvalue weighted by molar-refractivity contribution is -0.169. The van der Waals surface area contributed by atoms with Crippen LogP contribution in [0, 0.1) is 23.2 Å². The van der Waals surface area contributed by atoms with Crippen LogP contribution in [0.1, 0.15) is 50.5 Å². The van der Waals surface area contributed by atoms with Gasteiger partial charge in [0.15, 0.2) is 0 Å². The molecule has 4 saturated carbocycles. The molecule has 3 unspecified atom stereocenters. The molecule has 25 heavy (non-hydrogen) atoms. The van der Waals surface area contributed by atoms with Gasteiger partial charge in [-0.3, -0.25) is 4.79 Å². The Labute approximate surface area is 153 Å². The van der Waals surface area contributed by atoms with E-state index in [9.17, 15) is 15.0 Å². The van der Waals surface area contributed by atoms with Crippen LogP contribution >= 0.6 is 11.3 Å². The summed E-state index contributed by atoms with van der Waals surface area (Å²) >= 11 is 1.66. The summed E-state index contributed by atoms with van der Waals surface area (Å²) in [5, 5.41) is 27.6. The van der Waals surface area contributed by atoms with Crippen LogP contribution in [0.15, 0.2) is 16.8 Å². The number of nitrogens with one attached hydrogen (secondary N) is 1. The van der Waals surface area contributed by atoms with Crippen molar-refractivity contribution in [2.45, 2.75) is 57.0 Å². The molecule has 4 nitrogen and oxygen atoms in total. The summed E-state index contributed by atoms with van der Waals surface area (Å²) in [5.41, 5.74) is 0.740. The zero-order valence-electron chi connectivity index (χ0n) is 14.7. The molecule has 0 spiro atoms. The molecule has 3 N–H and O–H groups in total. The van der Waals surface area contributed by atoms with Crippen molar-refractivity contribution in [3.05, 3.63) is 22.4 Å². The van der Waals surface area contributed by atoms with Gasteiger partial charge in [-0.15, -0.1) is 0 Å². The Morgan fingerprint density at radius 3 is 2.68 bits per heavy atom. The Kier molecular flexibility index (Phi) is 4.67. The summed E-state index contributed by atoms with van der Waals surface area (Å²) in [6.07, 6.45) is 7.50. The number of hydrogen-bond acceptors (Lipinski definition) is 4. The zero-order chi connectivity index (χ0) is 17.5. The molecule has 4 aliphatic rings. The van der Waals surface area contributed by atoms with E-state index in [1.54, 1.807) is 11.3 Å². The van der Waals surface area contributed by atoms with Crippen LogP contribution in [-0.2, 0) is 11.2 Å². The Balaban J connectivity index is 1.31. The maximum atomic E-state index is 12.6. The first kappa shape index (κ1) is 17.5. The number of carbonyl (C=O) groups is 1. The quantitative estimate of drug-likeness (QED) is 0.698. The highest BCUT2D eigenvalue weighted by atomic mass is 32.1. The molecule has 1 heterocycles. The summed E-state index contributed by atoms with van der Waals surface area (Å²) in [6, 6.07) is 2.07. The van der Waals surface area contributed by atoms with Crippen LogP contribution in [0.2, 0.25) is 0 Å². The second kappa shape index (κ2) is 6.67. The first-order valence-electron chi connectivity index (χ1n) is 9.59. The van der Waals surface area contributed by atoms with E-state index >= 15 is 0 Å². The summed E-state index contributed by atoms with van der Waals surface area (Å²) in [5.74, 6) is 1.39. The second-order valence-electron chi connectivity index (χ2n) is 9.05. The van der Waals surface area contributed by atoms with E-state index in [-0.39, 0.29) is 23.8 Å². The van der Waals surface area contributed by atoms with E-state index in [2.05, 4.69) is 16.8 Å². The molecule has 0 aliphatic heterocycles. The number of rotatable bonds is 7. The highest BCUT2D eigenvalue weighted by Crippen LogP contribution is 2.62. The first-order valence-corrected chi connectivity index (χ1v) is 10.5. The monoisotopic (exact) mass is 363 g/mol. The van der Waals surface area contributed by atoms with Crippen LogP contribution in [0.25, 0.3) is 0 Å². The lowest BCUT2D eigenvalue weighted by Crippen LogP contribution is -2.56. The number of carbonyl (C=O) groups excluding carboxylic acids is 1. The van der Waals surface area contributed by atoms with Crippen molar-refractivity contribution in [3.63, 3.8) is 0 Å². The molecule has 0 saturated heterocycles. The Morgan fingerprint density at radius 1 is 1.32 bits per heavy atom. The van der Waals surface area contributed by atoms with Crippen LogP contribution in [0.3, 0.4) is 0 Å². The van der Waals surface area contributed by atoms with E-state index in [0.717, 1.165) is 38.5 Å². The molecule has 5 heteroatoms. The molecular weight excluding hydrogens is 334 g/mol. The minimum atomic E-state index is -0.503. The minimum absolute atomic E-state index is 0.0188. The SMILES string of the molecule is O=C(CC12CC3CC(CC(O)(C3)C1)C2)NCC(CO)Cc1ccsc1. The molecule has 4 fully saturated rings. The Morgan fingerprint density at radius 2 is 2.08 bits per heavy atom. The Hall–Kier alpha value is -0.910. The van der Waals surface area contributed by atoms with Gasteiger partial charge in [0.05, 0.1) is 5.60 Å². The van der Waals surface area contributed by atoms with Crippen LogP contribution in [0.5, 0.6) is 0 Å². The van der Waals surface area contributed by atoms with Gasteiger partial charge in [0.1, 0.15) is 0 Å². The fourth-order valence-electron chi connectivity index (χ4n) is 6.21. The number of hydrogen-bond donors (Lipinski definition) is 3. The van der Waals surface area contributed by atoms with Gasteiger partial charge < -0.3 is 15.5 Å². The average molecular weight is 364 g/mol. The normalized spacial score (nSPS) is 37.2. The minimum Gasteiger partial charge on any atom is -0.396 e. The Bertz CT molecular complexity index is 600. The highest BCUT2D eigenvalue weighted by Gasteiger charge is 2.57. The van der Waals surface area contributed by atoms with Crippen molar-refractivity contribution in [3.8, 4) is 0 Å². The molecular formula is C20H29NO3S. The van der Waals surface area contributed by atoms with Crippen LogP contribution in [-0.4, -0.2) is 34.9 Å². The predicted octanol–water partition coefficient (Wildman–Crippen LogP) is 2.74. The van der Waals surface area contributed by atoms with E-state index in [1.807, 2.05) is 5.38 Å². The van der Waals surface area contributed by atoms with Crippen molar-refractivity contribution in [2.24, 2.45) is 23.2 Å². The number of aliphatic hydroxyl groups is 2. The van der Waals surface area contributed by atoms with Gasteiger partial charge >= 0.3 is 0 Å². The molecule has 1 aromatic heterocycles. The van der Waals surface area contributed by atoms with Gasteiger partial charge in [-0.2, -0.15) is 11.3 Å². The third kappa shape index (κ3) is 3.79. The lowest BCUT2D eigenvalue weighted by Gasteiger charge is -2.60. The largest absolute Gasteiger partial charge is 0.396 e. The van der Waals surface area contributed by atoms with Gasteiger partial charge in [0.2, 0.25) is 5.91 Å². The van der Waals surface area contributed by atoms with Crippen molar-refractivity contribution >= 4 is 17.2 Å². The highest BCUT2D eigenvalue weighted by molar-refractivity contribution is 7.07. The molecule has 138 valence electrons. The standard InChI is InChI=1S/C20H29NO3S/c22-11-17(3-14-1-2-25-12-14)10-21-18(23)9-19-5-15-4-16(6-19)8-20(24,7-15)13-19/h1-2,12,15-17,22,24H,3-11,13H2,(H,21,23). The van der Waals surface area contributed by atoms with Gasteiger partial charge in [-0.05, 0) is 84.6 Å². The molecule has 0 radical (unpaired) electrons. The molecule has 4 bridgehead atoms. The first-order chi connectivity index (χ1) is 12.0. The van der Waals surface area contributed by atoms with Crippen molar-refractivity contribution in [1.29, 1.82) is 0 Å². The van der Waals surface area contributed by atoms with Gasteiger partial charge in [0, 0.05) is 25.5 Å². The number of thiophene rings is 1. The van der Waals surface area contributed by atoms with Crippen molar-refractivity contribution < 1.29 is 15.0 Å². The summed E-state index contributed by atoms with van der Waals surface area (Å²) in [6.45, 7) is 0.615. The topological polar surface area (TPSA) is 69.6 Å². The van der Waals surface area contributed by atoms with Gasteiger partial charge in [-0.25, -0.2) is 0 Å². The van der Waals surface area contributed by atoms with E-state index in [1.165, 1.54) is 12.0 Å². The van der Waals surface area contributed by atoms with Gasteiger partial charge in [-0.1, -0.05) is 0 Å². The summed E-state index contributed by atoms with van der Waals surface area (Å²) < 4.78 is 0. The third-order valence-corrected chi connectivity index (χ3v) is 7.37. The van der Waals surface area contributed by atoms with E-state index in [0.29, 0.717) is 24.8 Å². The number of aliphatic hydroxyl groups excluding tert-OH is 1. The van der Waals surface area contributed by atoms with E-state index in [4.69, 9.17) is 0 Å². The molecule has 0 aromatic carbocycles. The fraction of sp³-hybridized carbons (Fsp3) is 0.750. The summed E-state index contributed by atoms with van der Waals surface area (Å²) in [4.78, 5) is 12.6. The maximum absolute atomic E-state index is 12.6. The fourth-order valence-corrected chi connectivity index (χ4v) is 6.89. The summed E-state index contributed by atoms with van der Waals surface area (Å²) in [7, 11) is 0. The third-order valence-electron chi connectivity index (χ3n) is 6.64. The lowest BCUT2D eigenvalue weighted by atomic mass is 9.47. The van der Waals surface area contributed by atoms with Crippen LogP contribution in [0.4, 0.5) is 0 Å². The molecule has 1 aromatic rings. The maximum Gasteiger partial charge on any atom is 0.220 e. The molecule has 4 aliphatic carbocycles. The zero-order valence-corrected chi connectivity index (χ0v) is 15.6. The predicted molar refractivity (Wildman–Crippen MR) is 98.3 cm³/mol. The van der Waals surface area contributed by atoms with Crippen LogP contribution < -0.4 is 5.32 Å². The molecule has 1 amide bonds. The van der Waals surface area contributed by atoms with Crippen molar-refractivity contribution in [1.82, 2.24) is 5.32 Å². The smallest absolute Gasteiger partial charge is 0.220 e. The molecule has 5 rings (SSSR count). The average Bonchev–Trinajstić information content (AvgIpc) is 3.01. The van der Waals surface area contributed by atoms with Crippen molar-refractivity contribution in [2.75, 3.05) is 13.2 Å².